The van der Waals surface area contributed by atoms with Gasteiger partial charge in [-0.25, -0.2) is 18.4 Å². The van der Waals surface area contributed by atoms with E-state index in [4.69, 9.17) is 25.8 Å². The van der Waals surface area contributed by atoms with E-state index in [1.807, 2.05) is 0 Å². The van der Waals surface area contributed by atoms with Crippen molar-refractivity contribution in [3.05, 3.63) is 35.4 Å². The fourth-order valence-corrected chi connectivity index (χ4v) is 4.37. The molecule has 34 heavy (non-hydrogen) atoms. The van der Waals surface area contributed by atoms with Crippen LogP contribution in [0.25, 0.3) is 5.69 Å². The molecule has 3 rings (SSSR count). The van der Waals surface area contributed by atoms with E-state index >= 15 is 0 Å². The van der Waals surface area contributed by atoms with Gasteiger partial charge in [-0.05, 0) is 13.8 Å². The van der Waals surface area contributed by atoms with E-state index in [0.29, 0.717) is 10.8 Å². The summed E-state index contributed by atoms with van der Waals surface area (Å²) in [6.07, 6.45) is 3.51. The maximum absolute atomic E-state index is 13.3. The molecule has 0 amide bonds. The molecule has 3 heterocycles. The molecule has 0 aliphatic rings. The van der Waals surface area contributed by atoms with Gasteiger partial charge in [0.15, 0.2) is 11.5 Å². The summed E-state index contributed by atoms with van der Waals surface area (Å²) < 4.78 is 46.7. The highest BCUT2D eigenvalue weighted by atomic mass is 35.5. The second kappa shape index (κ2) is 10.4. The topological polar surface area (TPSA) is 156 Å². The number of anilines is 1. The first-order chi connectivity index (χ1) is 16.1. The SMILES string of the molecule is COc1ncnc(OC)c1-n1c(NS(=O)(=O)[C@@H](C)[C@H](C)c2ncc(Cl)cn2)nnc1[C@@H](C)OC. The third-order valence-electron chi connectivity index (χ3n) is 5.25. The Bertz CT molecular complexity index is 1220. The Labute approximate surface area is 201 Å². The maximum atomic E-state index is 13.3. The number of halogens is 1. The molecule has 0 fully saturated rings. The highest BCUT2D eigenvalue weighted by Crippen LogP contribution is 2.34. The zero-order chi connectivity index (χ0) is 25.0. The molecule has 0 bridgehead atoms. The van der Waals surface area contributed by atoms with Gasteiger partial charge in [0.1, 0.15) is 18.3 Å². The van der Waals surface area contributed by atoms with E-state index in [2.05, 4.69) is 34.9 Å². The van der Waals surface area contributed by atoms with Crippen molar-refractivity contribution in [2.24, 2.45) is 0 Å². The lowest BCUT2D eigenvalue weighted by Gasteiger charge is -2.21. The average Bonchev–Trinajstić information content (AvgIpc) is 3.24. The van der Waals surface area contributed by atoms with E-state index < -0.39 is 27.3 Å². The largest absolute Gasteiger partial charge is 0.479 e. The molecule has 1 N–H and O–H groups in total. The molecule has 184 valence electrons. The second-order valence-corrected chi connectivity index (χ2v) is 9.71. The van der Waals surface area contributed by atoms with Gasteiger partial charge in [-0.2, -0.15) is 9.97 Å². The van der Waals surface area contributed by atoms with Crippen molar-refractivity contribution in [1.29, 1.82) is 0 Å². The van der Waals surface area contributed by atoms with Crippen LogP contribution in [-0.4, -0.2) is 69.7 Å². The summed E-state index contributed by atoms with van der Waals surface area (Å²) in [5.41, 5.74) is 0.204. The highest BCUT2D eigenvalue weighted by molar-refractivity contribution is 7.93. The molecule has 0 aliphatic heterocycles. The molecule has 0 aromatic carbocycles. The van der Waals surface area contributed by atoms with Gasteiger partial charge in [-0.15, -0.1) is 10.2 Å². The van der Waals surface area contributed by atoms with Crippen LogP contribution in [0.5, 0.6) is 11.8 Å². The summed E-state index contributed by atoms with van der Waals surface area (Å²) in [7, 11) is 0.299. The van der Waals surface area contributed by atoms with Crippen LogP contribution >= 0.6 is 11.6 Å². The normalized spacial score (nSPS) is 14.3. The van der Waals surface area contributed by atoms with Gasteiger partial charge in [0.25, 0.3) is 0 Å². The monoisotopic (exact) mass is 512 g/mol. The quantitative estimate of drug-likeness (QED) is 0.424. The Kier molecular flexibility index (Phi) is 7.84. The predicted octanol–water partition coefficient (Wildman–Crippen LogP) is 2.16. The Morgan fingerprint density at radius 1 is 0.971 bits per heavy atom. The van der Waals surface area contributed by atoms with Crippen LogP contribution in [0.1, 0.15) is 44.4 Å². The van der Waals surface area contributed by atoms with Gasteiger partial charge in [-0.3, -0.25) is 9.29 Å². The molecule has 0 aliphatic carbocycles. The zero-order valence-electron chi connectivity index (χ0n) is 19.4. The Morgan fingerprint density at radius 2 is 1.56 bits per heavy atom. The molecular formula is C19H25ClN8O5S. The van der Waals surface area contributed by atoms with Crippen LogP contribution in [0.15, 0.2) is 18.7 Å². The summed E-state index contributed by atoms with van der Waals surface area (Å²) >= 11 is 5.84. The van der Waals surface area contributed by atoms with Crippen molar-refractivity contribution in [2.75, 3.05) is 26.1 Å². The molecule has 3 aromatic heterocycles. The second-order valence-electron chi connectivity index (χ2n) is 7.24. The summed E-state index contributed by atoms with van der Waals surface area (Å²) in [6.45, 7) is 4.97. The highest BCUT2D eigenvalue weighted by Gasteiger charge is 2.33. The first-order valence-electron chi connectivity index (χ1n) is 10.0. The van der Waals surface area contributed by atoms with Crippen molar-refractivity contribution in [1.82, 2.24) is 34.7 Å². The summed E-state index contributed by atoms with van der Waals surface area (Å²) in [5, 5.41) is 7.58. The number of methoxy groups -OCH3 is 3. The summed E-state index contributed by atoms with van der Waals surface area (Å²) in [4.78, 5) is 16.5. The Hall–Kier alpha value is -3.10. The van der Waals surface area contributed by atoms with E-state index in [9.17, 15) is 8.42 Å². The lowest BCUT2D eigenvalue weighted by atomic mass is 10.1. The van der Waals surface area contributed by atoms with Crippen LogP contribution < -0.4 is 14.2 Å². The van der Waals surface area contributed by atoms with Crippen molar-refractivity contribution in [3.63, 3.8) is 0 Å². The third kappa shape index (κ3) is 5.03. The predicted molar refractivity (Wildman–Crippen MR) is 123 cm³/mol. The van der Waals surface area contributed by atoms with Crippen LogP contribution in [0.4, 0.5) is 5.95 Å². The maximum Gasteiger partial charge on any atom is 0.245 e. The molecule has 13 nitrogen and oxygen atoms in total. The molecule has 3 aromatic rings. The molecule has 0 unspecified atom stereocenters. The number of hydrogen-bond acceptors (Lipinski definition) is 11. The number of sulfonamides is 1. The van der Waals surface area contributed by atoms with Crippen molar-refractivity contribution < 1.29 is 22.6 Å². The van der Waals surface area contributed by atoms with Crippen molar-refractivity contribution >= 4 is 27.6 Å². The zero-order valence-corrected chi connectivity index (χ0v) is 21.0. The lowest BCUT2D eigenvalue weighted by molar-refractivity contribution is 0.110. The van der Waals surface area contributed by atoms with Gasteiger partial charge in [-0.1, -0.05) is 18.5 Å². The van der Waals surface area contributed by atoms with Crippen molar-refractivity contribution in [2.45, 2.75) is 38.0 Å². The fourth-order valence-electron chi connectivity index (χ4n) is 3.05. The van der Waals surface area contributed by atoms with Gasteiger partial charge in [0, 0.05) is 25.4 Å². The fraction of sp³-hybridized carbons (Fsp3) is 0.474. The van der Waals surface area contributed by atoms with Gasteiger partial charge in [0.05, 0.1) is 24.5 Å². The molecular weight excluding hydrogens is 488 g/mol. The standard InChI is InChI=1S/C19H25ClN8O5S/c1-10(15-21-7-13(20)8-22-15)12(3)34(29,30)27-19-26-25-16(11(2)31-4)28(19)14-17(32-5)23-9-24-18(14)33-6/h7-12H,1-6H3,(H,26,27)/t10-,11+,12-/m0/s1. The van der Waals surface area contributed by atoms with E-state index in [1.165, 1.54) is 51.5 Å². The first kappa shape index (κ1) is 25.5. The summed E-state index contributed by atoms with van der Waals surface area (Å²) in [5.74, 6) is 0.153. The number of ether oxygens (including phenoxy) is 3. The number of hydrogen-bond donors (Lipinski definition) is 1. The Morgan fingerprint density at radius 3 is 2.09 bits per heavy atom. The van der Waals surface area contributed by atoms with Crippen LogP contribution in [0, 0.1) is 0 Å². The molecule has 0 spiro atoms. The van der Waals surface area contributed by atoms with E-state index in [1.54, 1.807) is 13.8 Å². The Balaban J connectivity index is 2.08. The summed E-state index contributed by atoms with van der Waals surface area (Å²) in [6, 6.07) is 0. The van der Waals surface area contributed by atoms with Gasteiger partial charge < -0.3 is 14.2 Å². The molecule has 3 atom stereocenters. The van der Waals surface area contributed by atoms with Gasteiger partial charge >= 0.3 is 0 Å². The molecule has 0 saturated carbocycles. The number of nitrogens with one attached hydrogen (secondary N) is 1. The van der Waals surface area contributed by atoms with Crippen LogP contribution in [-0.2, 0) is 14.8 Å². The van der Waals surface area contributed by atoms with E-state index in [-0.39, 0.29) is 29.2 Å². The minimum absolute atomic E-state index is 0.118. The van der Waals surface area contributed by atoms with Crippen molar-refractivity contribution in [3.8, 4) is 17.4 Å². The first-order valence-corrected chi connectivity index (χ1v) is 12.0. The smallest absolute Gasteiger partial charge is 0.245 e. The molecule has 15 heteroatoms. The minimum Gasteiger partial charge on any atom is -0.479 e. The van der Waals surface area contributed by atoms with Gasteiger partial charge in [0.2, 0.25) is 27.7 Å². The number of rotatable bonds is 10. The molecule has 0 radical (unpaired) electrons. The number of nitrogens with zero attached hydrogens (tertiary/aromatic N) is 7. The van der Waals surface area contributed by atoms with E-state index in [0.717, 1.165) is 0 Å². The number of aromatic nitrogens is 7. The average molecular weight is 513 g/mol. The lowest BCUT2D eigenvalue weighted by Crippen LogP contribution is -2.31. The van der Waals surface area contributed by atoms with Crippen LogP contribution in [0.3, 0.4) is 0 Å². The van der Waals surface area contributed by atoms with Crippen LogP contribution in [0.2, 0.25) is 5.02 Å². The molecule has 0 saturated heterocycles. The minimum atomic E-state index is -4.01. The third-order valence-corrected chi connectivity index (χ3v) is 7.29.